The fourth-order valence-corrected chi connectivity index (χ4v) is 3.75. The maximum absolute atomic E-state index is 12.5. The van der Waals surface area contributed by atoms with Crippen molar-refractivity contribution in [2.24, 2.45) is 0 Å². The van der Waals surface area contributed by atoms with Crippen LogP contribution >= 0.6 is 0 Å². The number of piperidine rings is 1. The van der Waals surface area contributed by atoms with Crippen molar-refractivity contribution in [3.8, 4) is 0 Å². The van der Waals surface area contributed by atoms with Gasteiger partial charge in [0.05, 0.1) is 18.3 Å². The molecule has 0 aliphatic carbocycles. The van der Waals surface area contributed by atoms with E-state index in [1.165, 1.54) is 9.80 Å². The number of likely N-dealkylation sites (N-methyl/N-ethyl adjacent to an activating group) is 1. The molecule has 1 spiro atoms. The minimum absolute atomic E-state index is 0.337. The largest absolute Gasteiger partial charge is 0.441 e. The van der Waals surface area contributed by atoms with E-state index in [9.17, 15) is 14.4 Å². The topological polar surface area (TPSA) is 105 Å². The van der Waals surface area contributed by atoms with E-state index >= 15 is 0 Å². The predicted molar refractivity (Wildman–Crippen MR) is 90.2 cm³/mol. The maximum Gasteiger partial charge on any atom is 0.410 e. The molecule has 1 unspecified atom stereocenters. The Labute approximate surface area is 151 Å². The number of ether oxygens (including phenoxy) is 1. The van der Waals surface area contributed by atoms with E-state index in [4.69, 9.17) is 9.26 Å². The van der Waals surface area contributed by atoms with E-state index in [1.807, 2.05) is 0 Å². The standard InChI is InChI=1S/C17H24N4O5/c1-10(13-11(2)19-26-12(13)3)18-14(22)15(23)21-7-5-17(6-8-21)9-20(4)16(24)25-17/h10H,5-9H2,1-4H3,(H,18,22). The molecule has 9 nitrogen and oxygen atoms in total. The van der Waals surface area contributed by atoms with Crippen molar-refractivity contribution < 1.29 is 23.6 Å². The van der Waals surface area contributed by atoms with Crippen LogP contribution in [0.1, 0.15) is 42.8 Å². The number of carbonyl (C=O) groups excluding carboxylic acids is 3. The van der Waals surface area contributed by atoms with Crippen LogP contribution in [0, 0.1) is 13.8 Å². The molecule has 9 heteroatoms. The van der Waals surface area contributed by atoms with E-state index in [0.29, 0.717) is 43.9 Å². The Kier molecular flexibility index (Phi) is 4.64. The van der Waals surface area contributed by atoms with Crippen LogP contribution in [-0.2, 0) is 14.3 Å². The van der Waals surface area contributed by atoms with Crippen LogP contribution in [0.2, 0.25) is 0 Å². The summed E-state index contributed by atoms with van der Waals surface area (Å²) in [5.41, 5.74) is 0.933. The Balaban J connectivity index is 1.57. The van der Waals surface area contributed by atoms with E-state index < -0.39 is 17.4 Å². The molecule has 1 N–H and O–H groups in total. The van der Waals surface area contributed by atoms with Gasteiger partial charge in [0.25, 0.3) is 0 Å². The summed E-state index contributed by atoms with van der Waals surface area (Å²) in [6.45, 7) is 6.63. The molecular weight excluding hydrogens is 340 g/mol. The Morgan fingerprint density at radius 3 is 2.42 bits per heavy atom. The van der Waals surface area contributed by atoms with Gasteiger partial charge in [0.1, 0.15) is 11.4 Å². The monoisotopic (exact) mass is 364 g/mol. The van der Waals surface area contributed by atoms with E-state index in [2.05, 4.69) is 10.5 Å². The molecule has 0 saturated carbocycles. The van der Waals surface area contributed by atoms with Gasteiger partial charge in [-0.1, -0.05) is 5.16 Å². The van der Waals surface area contributed by atoms with Gasteiger partial charge < -0.3 is 24.4 Å². The highest BCUT2D eigenvalue weighted by Crippen LogP contribution is 2.32. The lowest BCUT2D eigenvalue weighted by Crippen LogP contribution is -2.52. The molecule has 2 aliphatic rings. The number of rotatable bonds is 2. The van der Waals surface area contributed by atoms with Gasteiger partial charge in [0, 0.05) is 38.5 Å². The average molecular weight is 364 g/mol. The van der Waals surface area contributed by atoms with Crippen molar-refractivity contribution in [2.75, 3.05) is 26.7 Å². The first-order valence-electron chi connectivity index (χ1n) is 8.69. The highest BCUT2D eigenvalue weighted by atomic mass is 16.6. The van der Waals surface area contributed by atoms with E-state index in [-0.39, 0.29) is 12.1 Å². The van der Waals surface area contributed by atoms with E-state index in [1.54, 1.807) is 27.8 Å². The van der Waals surface area contributed by atoms with Crippen molar-refractivity contribution in [2.45, 2.75) is 45.3 Å². The van der Waals surface area contributed by atoms with Gasteiger partial charge in [-0.05, 0) is 20.8 Å². The number of aromatic nitrogens is 1. The fourth-order valence-electron chi connectivity index (χ4n) is 3.75. The van der Waals surface area contributed by atoms with Crippen LogP contribution in [0.5, 0.6) is 0 Å². The van der Waals surface area contributed by atoms with Gasteiger partial charge in [-0.25, -0.2) is 4.79 Å². The summed E-state index contributed by atoms with van der Waals surface area (Å²) in [6.07, 6.45) is 0.721. The molecule has 3 heterocycles. The quantitative estimate of drug-likeness (QED) is 0.782. The Hall–Kier alpha value is -2.58. The Morgan fingerprint density at radius 1 is 1.27 bits per heavy atom. The molecule has 26 heavy (non-hydrogen) atoms. The third kappa shape index (κ3) is 3.25. The minimum atomic E-state index is -0.658. The molecule has 2 aliphatic heterocycles. The van der Waals surface area contributed by atoms with Crippen molar-refractivity contribution >= 4 is 17.9 Å². The SMILES string of the molecule is Cc1noc(C)c1C(C)NC(=O)C(=O)N1CCC2(CC1)CN(C)C(=O)O2. The molecule has 1 aromatic heterocycles. The first kappa shape index (κ1) is 18.2. The number of aryl methyl sites for hydroxylation is 2. The molecule has 1 aromatic rings. The molecule has 142 valence electrons. The normalized spacial score (nSPS) is 20.2. The Bertz CT molecular complexity index is 716. The second-order valence-corrected chi connectivity index (χ2v) is 7.13. The number of likely N-dealkylation sites (tertiary alicyclic amines) is 1. The zero-order valence-electron chi connectivity index (χ0n) is 15.5. The summed E-state index contributed by atoms with van der Waals surface area (Å²) >= 11 is 0. The first-order chi connectivity index (χ1) is 12.2. The molecule has 0 radical (unpaired) electrons. The van der Waals surface area contributed by atoms with Crippen LogP contribution < -0.4 is 5.32 Å². The van der Waals surface area contributed by atoms with Crippen molar-refractivity contribution in [3.63, 3.8) is 0 Å². The van der Waals surface area contributed by atoms with Gasteiger partial charge in [0.15, 0.2) is 0 Å². The molecule has 1 atom stereocenters. The van der Waals surface area contributed by atoms with Crippen LogP contribution in [-0.4, -0.2) is 65.1 Å². The van der Waals surface area contributed by atoms with Gasteiger partial charge in [-0.3, -0.25) is 9.59 Å². The lowest BCUT2D eigenvalue weighted by Gasteiger charge is -2.37. The first-order valence-corrected chi connectivity index (χ1v) is 8.69. The Morgan fingerprint density at radius 2 is 1.92 bits per heavy atom. The molecule has 2 fully saturated rings. The molecule has 0 aromatic carbocycles. The minimum Gasteiger partial charge on any atom is -0.441 e. The maximum atomic E-state index is 12.5. The summed E-state index contributed by atoms with van der Waals surface area (Å²) in [5.74, 6) is -0.611. The van der Waals surface area contributed by atoms with Crippen molar-refractivity contribution in [3.05, 3.63) is 17.0 Å². The van der Waals surface area contributed by atoms with Crippen LogP contribution in [0.4, 0.5) is 4.79 Å². The zero-order valence-corrected chi connectivity index (χ0v) is 15.5. The molecule has 3 amide bonds. The van der Waals surface area contributed by atoms with Crippen LogP contribution in [0.15, 0.2) is 4.52 Å². The molecular formula is C17H24N4O5. The number of hydrogen-bond acceptors (Lipinski definition) is 6. The lowest BCUT2D eigenvalue weighted by atomic mass is 9.91. The highest BCUT2D eigenvalue weighted by molar-refractivity contribution is 6.35. The van der Waals surface area contributed by atoms with Crippen LogP contribution in [0.3, 0.4) is 0 Å². The number of carbonyl (C=O) groups is 3. The summed E-state index contributed by atoms with van der Waals surface area (Å²) in [5, 5.41) is 6.58. The average Bonchev–Trinajstić information content (AvgIpc) is 3.06. The predicted octanol–water partition coefficient (Wildman–Crippen LogP) is 0.912. The van der Waals surface area contributed by atoms with Crippen LogP contribution in [0.25, 0.3) is 0 Å². The summed E-state index contributed by atoms with van der Waals surface area (Å²) < 4.78 is 10.6. The van der Waals surface area contributed by atoms with Gasteiger partial charge in [-0.15, -0.1) is 0 Å². The molecule has 0 bridgehead atoms. The number of nitrogens with one attached hydrogen (secondary N) is 1. The summed E-state index contributed by atoms with van der Waals surface area (Å²) in [6, 6.07) is -0.377. The van der Waals surface area contributed by atoms with Gasteiger partial charge in [-0.2, -0.15) is 0 Å². The highest BCUT2D eigenvalue weighted by Gasteiger charge is 2.46. The summed E-state index contributed by atoms with van der Waals surface area (Å²) in [7, 11) is 1.69. The van der Waals surface area contributed by atoms with Crippen molar-refractivity contribution in [1.29, 1.82) is 0 Å². The second-order valence-electron chi connectivity index (χ2n) is 7.13. The third-order valence-electron chi connectivity index (χ3n) is 5.17. The van der Waals surface area contributed by atoms with E-state index in [0.717, 1.165) is 5.56 Å². The smallest absolute Gasteiger partial charge is 0.410 e. The molecule has 2 saturated heterocycles. The zero-order chi connectivity index (χ0) is 19.1. The summed E-state index contributed by atoms with van der Waals surface area (Å²) in [4.78, 5) is 39.5. The second kappa shape index (κ2) is 6.62. The number of nitrogens with zero attached hydrogens (tertiary/aromatic N) is 3. The lowest BCUT2D eigenvalue weighted by molar-refractivity contribution is -0.148. The number of hydrogen-bond donors (Lipinski definition) is 1. The van der Waals surface area contributed by atoms with Crippen molar-refractivity contribution in [1.82, 2.24) is 20.3 Å². The fraction of sp³-hybridized carbons (Fsp3) is 0.647. The number of amides is 3. The third-order valence-corrected chi connectivity index (χ3v) is 5.17. The van der Waals surface area contributed by atoms with Gasteiger partial charge in [0.2, 0.25) is 0 Å². The van der Waals surface area contributed by atoms with Gasteiger partial charge >= 0.3 is 17.9 Å². The molecule has 3 rings (SSSR count).